The van der Waals surface area contributed by atoms with E-state index in [1.54, 1.807) is 11.3 Å². The first-order valence-electron chi connectivity index (χ1n) is 9.10. The number of fused-ring (bicyclic) bond motifs is 1. The summed E-state index contributed by atoms with van der Waals surface area (Å²) in [6.45, 7) is 2.39. The van der Waals surface area contributed by atoms with Gasteiger partial charge in [-0.25, -0.2) is 0 Å². The summed E-state index contributed by atoms with van der Waals surface area (Å²) in [6, 6.07) is 13.6. The van der Waals surface area contributed by atoms with E-state index in [0.717, 1.165) is 4.88 Å². The fraction of sp³-hybridized carbons (Fsp3) is 0.381. The molecule has 25 heavy (non-hydrogen) atoms. The molecule has 1 aliphatic heterocycles. The topological polar surface area (TPSA) is 32.0 Å². The smallest absolute Gasteiger partial charge is 0.0529 e. The number of hydrogen-bond donors (Lipinski definition) is 1. The number of rotatable bonds is 4. The van der Waals surface area contributed by atoms with Crippen LogP contribution >= 0.6 is 11.3 Å². The molecule has 1 fully saturated rings. The van der Waals surface area contributed by atoms with E-state index in [9.17, 15) is 0 Å². The van der Waals surface area contributed by atoms with E-state index >= 15 is 0 Å². The second kappa shape index (κ2) is 7.14. The minimum Gasteiger partial charge on any atom is -0.344 e. The van der Waals surface area contributed by atoms with Gasteiger partial charge >= 0.3 is 0 Å². The Hall–Kier alpha value is -1.91. The van der Waals surface area contributed by atoms with Crippen molar-refractivity contribution in [3.63, 3.8) is 0 Å². The Bertz CT molecular complexity index is 863. The minimum absolute atomic E-state index is 0.609. The average Bonchev–Trinajstić information content (AvgIpc) is 3.23. The van der Waals surface area contributed by atoms with Gasteiger partial charge in [0.05, 0.1) is 5.71 Å². The molecule has 3 aromatic rings. The van der Waals surface area contributed by atoms with Gasteiger partial charge < -0.3 is 14.9 Å². The van der Waals surface area contributed by atoms with Gasteiger partial charge in [-0.1, -0.05) is 12.1 Å². The van der Waals surface area contributed by atoms with Gasteiger partial charge in [0.2, 0.25) is 0 Å². The third-order valence-corrected chi connectivity index (χ3v) is 6.23. The van der Waals surface area contributed by atoms with Crippen molar-refractivity contribution >= 4 is 28.0 Å². The van der Waals surface area contributed by atoms with Crippen LogP contribution in [-0.2, 0) is 6.42 Å². The van der Waals surface area contributed by atoms with Crippen LogP contribution in [0.15, 0.2) is 48.0 Å². The van der Waals surface area contributed by atoms with Gasteiger partial charge in [0.1, 0.15) is 0 Å². The predicted octanol–water partition coefficient (Wildman–Crippen LogP) is 4.97. The largest absolute Gasteiger partial charge is 0.344 e. The Morgan fingerprint density at radius 2 is 2.12 bits per heavy atom. The molecule has 0 radical (unpaired) electrons. The zero-order valence-electron chi connectivity index (χ0n) is 14.7. The Labute approximate surface area is 153 Å². The summed E-state index contributed by atoms with van der Waals surface area (Å²) in [5.74, 6) is 0. The zero-order chi connectivity index (χ0) is 17.2. The second-order valence-electron chi connectivity index (χ2n) is 7.14. The monoisotopic (exact) mass is 351 g/mol. The lowest BCUT2D eigenvalue weighted by Gasteiger charge is -2.18. The molecule has 1 atom stereocenters. The summed E-state index contributed by atoms with van der Waals surface area (Å²) in [5, 5.41) is 11.6. The highest BCUT2D eigenvalue weighted by molar-refractivity contribution is 7.12. The molecule has 1 aliphatic rings. The SMILES string of the molecule is CN1CCCC(n2ccc3cc(CC(=N)c4cccs4)ccc32)CC1. The molecule has 1 aromatic carbocycles. The highest BCUT2D eigenvalue weighted by Crippen LogP contribution is 2.28. The van der Waals surface area contributed by atoms with E-state index in [2.05, 4.69) is 47.0 Å². The molecule has 1 unspecified atom stereocenters. The molecule has 2 aromatic heterocycles. The minimum atomic E-state index is 0.609. The van der Waals surface area contributed by atoms with Crippen molar-refractivity contribution in [1.29, 1.82) is 5.41 Å². The molecule has 4 heteroatoms. The maximum absolute atomic E-state index is 8.30. The molecule has 0 amide bonds. The molecule has 1 N–H and O–H groups in total. The number of benzene rings is 1. The molecule has 3 nitrogen and oxygen atoms in total. The number of nitrogens with zero attached hydrogens (tertiary/aromatic N) is 2. The maximum Gasteiger partial charge on any atom is 0.0529 e. The Kier molecular flexibility index (Phi) is 4.73. The quantitative estimate of drug-likeness (QED) is 0.661. The van der Waals surface area contributed by atoms with Gasteiger partial charge in [0.15, 0.2) is 0 Å². The lowest BCUT2D eigenvalue weighted by molar-refractivity contribution is 0.342. The van der Waals surface area contributed by atoms with Crippen molar-refractivity contribution in [2.24, 2.45) is 0 Å². The molecule has 3 heterocycles. The van der Waals surface area contributed by atoms with Crippen molar-refractivity contribution in [1.82, 2.24) is 9.47 Å². The van der Waals surface area contributed by atoms with Crippen molar-refractivity contribution in [2.75, 3.05) is 20.1 Å². The molecule has 4 rings (SSSR count). The fourth-order valence-corrected chi connectivity index (χ4v) is 4.56. The molecule has 1 saturated heterocycles. The van der Waals surface area contributed by atoms with Gasteiger partial charge in [-0.3, -0.25) is 0 Å². The van der Waals surface area contributed by atoms with Crippen LogP contribution in [-0.4, -0.2) is 35.3 Å². The molecular weight excluding hydrogens is 326 g/mol. The lowest BCUT2D eigenvalue weighted by Crippen LogP contribution is -2.19. The number of thiophene rings is 1. The van der Waals surface area contributed by atoms with Gasteiger partial charge in [-0.15, -0.1) is 11.3 Å². The first-order valence-corrected chi connectivity index (χ1v) is 9.98. The summed E-state index contributed by atoms with van der Waals surface area (Å²) >= 11 is 1.65. The summed E-state index contributed by atoms with van der Waals surface area (Å²) in [6.07, 6.45) is 6.73. The van der Waals surface area contributed by atoms with Gasteiger partial charge in [0.25, 0.3) is 0 Å². The maximum atomic E-state index is 8.30. The first-order chi connectivity index (χ1) is 12.2. The van der Waals surface area contributed by atoms with Gasteiger partial charge in [-0.05, 0) is 80.0 Å². The summed E-state index contributed by atoms with van der Waals surface area (Å²) in [5.41, 5.74) is 3.27. The van der Waals surface area contributed by atoms with Crippen molar-refractivity contribution in [3.05, 3.63) is 58.4 Å². The average molecular weight is 352 g/mol. The second-order valence-corrected chi connectivity index (χ2v) is 8.08. The number of aromatic nitrogens is 1. The predicted molar refractivity (Wildman–Crippen MR) is 107 cm³/mol. The number of nitrogens with one attached hydrogen (secondary N) is 1. The lowest BCUT2D eigenvalue weighted by atomic mass is 10.1. The molecule has 0 saturated carbocycles. The van der Waals surface area contributed by atoms with E-state index < -0.39 is 0 Å². The summed E-state index contributed by atoms with van der Waals surface area (Å²) in [4.78, 5) is 3.51. The highest BCUT2D eigenvalue weighted by atomic mass is 32.1. The highest BCUT2D eigenvalue weighted by Gasteiger charge is 2.17. The van der Waals surface area contributed by atoms with Crippen LogP contribution in [0.25, 0.3) is 10.9 Å². The van der Waals surface area contributed by atoms with E-state index in [1.807, 2.05) is 17.5 Å². The van der Waals surface area contributed by atoms with Crippen molar-refractivity contribution in [3.8, 4) is 0 Å². The van der Waals surface area contributed by atoms with Crippen LogP contribution in [0.2, 0.25) is 0 Å². The standard InChI is InChI=1S/C21H25N3S/c1-23-10-2-4-18(9-11-23)24-12-8-17-14-16(6-7-20(17)24)15-19(22)21-5-3-13-25-21/h3,5-8,12-14,18,22H,2,4,9-11,15H2,1H3. The third kappa shape index (κ3) is 3.55. The van der Waals surface area contributed by atoms with Crippen LogP contribution in [0.3, 0.4) is 0 Å². The van der Waals surface area contributed by atoms with Crippen LogP contribution in [0.4, 0.5) is 0 Å². The summed E-state index contributed by atoms with van der Waals surface area (Å²) in [7, 11) is 2.23. The Morgan fingerprint density at radius 1 is 1.20 bits per heavy atom. The molecular formula is C21H25N3S. The van der Waals surface area contributed by atoms with E-state index in [1.165, 1.54) is 48.8 Å². The molecule has 0 spiro atoms. The van der Waals surface area contributed by atoms with Crippen LogP contribution < -0.4 is 0 Å². The van der Waals surface area contributed by atoms with Crippen LogP contribution in [0.1, 0.15) is 35.7 Å². The van der Waals surface area contributed by atoms with Gasteiger partial charge in [-0.2, -0.15) is 0 Å². The molecule has 130 valence electrons. The van der Waals surface area contributed by atoms with E-state index in [0.29, 0.717) is 18.2 Å². The molecule has 0 bridgehead atoms. The van der Waals surface area contributed by atoms with Crippen LogP contribution in [0, 0.1) is 5.41 Å². The number of likely N-dealkylation sites (tertiary alicyclic amines) is 1. The third-order valence-electron chi connectivity index (χ3n) is 5.30. The zero-order valence-corrected chi connectivity index (χ0v) is 15.6. The van der Waals surface area contributed by atoms with Gasteiger partial charge in [0, 0.05) is 29.1 Å². The number of hydrogen-bond acceptors (Lipinski definition) is 3. The molecule has 0 aliphatic carbocycles. The van der Waals surface area contributed by atoms with Crippen molar-refractivity contribution in [2.45, 2.75) is 31.7 Å². The fourth-order valence-electron chi connectivity index (χ4n) is 3.88. The van der Waals surface area contributed by atoms with E-state index in [-0.39, 0.29) is 0 Å². The van der Waals surface area contributed by atoms with E-state index in [4.69, 9.17) is 5.41 Å². The summed E-state index contributed by atoms with van der Waals surface area (Å²) < 4.78 is 2.48. The van der Waals surface area contributed by atoms with Crippen LogP contribution in [0.5, 0.6) is 0 Å². The first kappa shape index (κ1) is 16.6. The Morgan fingerprint density at radius 3 is 2.96 bits per heavy atom. The normalized spacial score (nSPS) is 19.2. The van der Waals surface area contributed by atoms with Crippen molar-refractivity contribution < 1.29 is 0 Å². The Balaban J connectivity index is 1.55.